The van der Waals surface area contributed by atoms with Crippen LogP contribution < -0.4 is 0 Å². The van der Waals surface area contributed by atoms with Gasteiger partial charge in [-0.05, 0) is 41.7 Å². The van der Waals surface area contributed by atoms with Crippen molar-refractivity contribution >= 4 is 23.2 Å². The van der Waals surface area contributed by atoms with Gasteiger partial charge in [-0.15, -0.1) is 5.10 Å². The quantitative estimate of drug-likeness (QED) is 0.144. The van der Waals surface area contributed by atoms with Gasteiger partial charge in [0.25, 0.3) is 0 Å². The molecule has 0 saturated heterocycles. The highest BCUT2D eigenvalue weighted by Crippen LogP contribution is 2.31. The van der Waals surface area contributed by atoms with Crippen molar-refractivity contribution in [2.75, 3.05) is 0 Å². The van der Waals surface area contributed by atoms with E-state index in [1.54, 1.807) is 0 Å². The summed E-state index contributed by atoms with van der Waals surface area (Å²) in [4.78, 5) is 5.07. The number of nitrogens with zero attached hydrogens (tertiary/aromatic N) is 3. The second kappa shape index (κ2) is 13.8. The Labute approximate surface area is 255 Å². The van der Waals surface area contributed by atoms with Crippen LogP contribution in [0.5, 0.6) is 0 Å². The Kier molecular flexibility index (Phi) is 9.00. The lowest BCUT2D eigenvalue weighted by atomic mass is 10.0. The highest BCUT2D eigenvalue weighted by atomic mass is 15.4. The van der Waals surface area contributed by atoms with Crippen LogP contribution in [0.2, 0.25) is 0 Å². The normalized spacial score (nSPS) is 13.9. The maximum absolute atomic E-state index is 5.19. The summed E-state index contributed by atoms with van der Waals surface area (Å²) in [7, 11) is 0. The molecule has 0 N–H and O–H groups in total. The fourth-order valence-electron chi connectivity index (χ4n) is 5.39. The summed E-state index contributed by atoms with van der Waals surface area (Å²) in [6.07, 6.45) is 15.1. The second-order valence-electron chi connectivity index (χ2n) is 10.9. The minimum absolute atomic E-state index is 0.700. The third-order valence-corrected chi connectivity index (χ3v) is 7.75. The molecule has 0 amide bonds. The van der Waals surface area contributed by atoms with Crippen molar-refractivity contribution in [1.82, 2.24) is 4.68 Å². The van der Waals surface area contributed by atoms with Crippen molar-refractivity contribution in [3.05, 3.63) is 156 Å². The van der Waals surface area contributed by atoms with E-state index in [-0.39, 0.29) is 0 Å². The van der Waals surface area contributed by atoms with E-state index in [1.165, 1.54) is 31.2 Å². The average Bonchev–Trinajstić information content (AvgIpc) is 3.69. The third-order valence-electron chi connectivity index (χ3n) is 7.75. The van der Waals surface area contributed by atoms with Crippen molar-refractivity contribution in [3.8, 4) is 22.4 Å². The molecule has 0 radical (unpaired) electrons. The first-order chi connectivity index (χ1) is 21.3. The van der Waals surface area contributed by atoms with Gasteiger partial charge < -0.3 is 0 Å². The number of hydrogen-bond donors (Lipinski definition) is 0. The Hall–Kier alpha value is -5.02. The Bertz CT molecular complexity index is 1750. The first kappa shape index (κ1) is 28.1. The highest BCUT2D eigenvalue weighted by molar-refractivity contribution is 6.37. The fraction of sp³-hybridized carbons (Fsp3) is 0.150. The van der Waals surface area contributed by atoms with Gasteiger partial charge >= 0.3 is 0 Å². The Balaban J connectivity index is 1.37. The van der Waals surface area contributed by atoms with Crippen molar-refractivity contribution in [2.45, 2.75) is 39.0 Å². The van der Waals surface area contributed by atoms with Gasteiger partial charge in [0.2, 0.25) is 0 Å². The molecule has 43 heavy (non-hydrogen) atoms. The van der Waals surface area contributed by atoms with Gasteiger partial charge in [-0.1, -0.05) is 154 Å². The van der Waals surface area contributed by atoms with E-state index in [2.05, 4.69) is 134 Å². The number of rotatable bonds is 11. The van der Waals surface area contributed by atoms with Crippen LogP contribution in [-0.2, 0) is 0 Å². The number of aromatic nitrogens is 1. The predicted molar refractivity (Wildman–Crippen MR) is 183 cm³/mol. The van der Waals surface area contributed by atoms with Gasteiger partial charge in [-0.2, -0.15) is 0 Å². The standard InChI is InChI=1S/C40H37N3/c1-2-3-4-5-6-10-17-31-24-26-33(27-25-31)37-29-38(34-20-13-8-14-21-34)41-40(37)42-43-30-36(32-18-11-7-12-19-32)28-39(43)35-22-15-9-16-23-35/h7-30H,2-6H2,1H3/b17-10+,42-40-. The van der Waals surface area contributed by atoms with Gasteiger partial charge in [0, 0.05) is 28.5 Å². The molecule has 0 aliphatic carbocycles. The summed E-state index contributed by atoms with van der Waals surface area (Å²) in [6, 6.07) is 42.2. The molecule has 0 spiro atoms. The van der Waals surface area contributed by atoms with Crippen molar-refractivity contribution in [1.29, 1.82) is 0 Å². The minimum atomic E-state index is 0.700. The molecule has 0 bridgehead atoms. The number of aliphatic imine (C=N–C) groups is 1. The molecule has 2 heterocycles. The van der Waals surface area contributed by atoms with E-state index in [0.717, 1.165) is 51.2 Å². The molecule has 1 aliphatic rings. The Morgan fingerprint density at radius 1 is 0.651 bits per heavy atom. The van der Waals surface area contributed by atoms with Crippen LogP contribution in [0.1, 0.15) is 55.7 Å². The van der Waals surface area contributed by atoms with E-state index in [4.69, 9.17) is 10.1 Å². The molecular weight excluding hydrogens is 522 g/mol. The second-order valence-corrected chi connectivity index (χ2v) is 10.9. The highest BCUT2D eigenvalue weighted by Gasteiger charge is 2.20. The number of unbranched alkanes of at least 4 members (excludes halogenated alkanes) is 4. The first-order valence-corrected chi connectivity index (χ1v) is 15.3. The molecule has 0 unspecified atom stereocenters. The van der Waals surface area contributed by atoms with Gasteiger partial charge in [0.1, 0.15) is 0 Å². The maximum Gasteiger partial charge on any atom is 0.181 e. The zero-order valence-electron chi connectivity index (χ0n) is 24.7. The van der Waals surface area contributed by atoms with Crippen LogP contribution in [0, 0.1) is 0 Å². The Morgan fingerprint density at radius 2 is 1.30 bits per heavy atom. The van der Waals surface area contributed by atoms with E-state index in [1.807, 2.05) is 22.9 Å². The summed E-state index contributed by atoms with van der Waals surface area (Å²) >= 11 is 0. The lowest BCUT2D eigenvalue weighted by Gasteiger charge is -2.07. The predicted octanol–water partition coefficient (Wildman–Crippen LogP) is 10.6. The van der Waals surface area contributed by atoms with E-state index in [9.17, 15) is 0 Å². The molecule has 3 nitrogen and oxygen atoms in total. The molecule has 1 aliphatic heterocycles. The SMILES string of the molecule is CCCCCC/C=C/c1ccc(C2=CC(c3ccccc3)=N/C2=N\n2cc(-c3ccccc3)cc2-c2ccccc2)cc1. The third kappa shape index (κ3) is 6.90. The molecule has 0 atom stereocenters. The van der Waals surface area contributed by atoms with Crippen molar-refractivity contribution < 1.29 is 0 Å². The molecule has 0 saturated carbocycles. The van der Waals surface area contributed by atoms with Gasteiger partial charge in [-0.25, -0.2) is 9.67 Å². The summed E-state index contributed by atoms with van der Waals surface area (Å²) in [5, 5.41) is 5.19. The number of amidine groups is 1. The molecular formula is C40H37N3. The Morgan fingerprint density at radius 3 is 1.98 bits per heavy atom. The number of benzene rings is 4. The maximum atomic E-state index is 5.19. The van der Waals surface area contributed by atoms with Gasteiger partial charge in [0.15, 0.2) is 5.84 Å². The van der Waals surface area contributed by atoms with E-state index >= 15 is 0 Å². The fourth-order valence-corrected chi connectivity index (χ4v) is 5.39. The topological polar surface area (TPSA) is 29.6 Å². The summed E-state index contributed by atoms with van der Waals surface area (Å²) in [6.45, 7) is 2.25. The van der Waals surface area contributed by atoms with Crippen molar-refractivity contribution in [2.24, 2.45) is 10.1 Å². The summed E-state index contributed by atoms with van der Waals surface area (Å²) < 4.78 is 1.98. The molecule has 1 aromatic heterocycles. The van der Waals surface area contributed by atoms with Gasteiger partial charge in [-0.3, -0.25) is 0 Å². The molecule has 4 aromatic carbocycles. The lowest BCUT2D eigenvalue weighted by Crippen LogP contribution is -2.01. The monoisotopic (exact) mass is 559 g/mol. The number of hydrogen-bond acceptors (Lipinski definition) is 1. The first-order valence-electron chi connectivity index (χ1n) is 15.3. The van der Waals surface area contributed by atoms with Crippen LogP contribution in [0.25, 0.3) is 34.0 Å². The lowest BCUT2D eigenvalue weighted by molar-refractivity contribution is 0.675. The number of allylic oxidation sites excluding steroid dienone is 2. The van der Waals surface area contributed by atoms with Crippen LogP contribution >= 0.6 is 0 Å². The van der Waals surface area contributed by atoms with E-state index < -0.39 is 0 Å². The molecule has 0 fully saturated rings. The van der Waals surface area contributed by atoms with E-state index in [0.29, 0.717) is 5.84 Å². The zero-order chi connectivity index (χ0) is 29.3. The van der Waals surface area contributed by atoms with Crippen LogP contribution in [0.3, 0.4) is 0 Å². The summed E-state index contributed by atoms with van der Waals surface area (Å²) in [5.41, 5.74) is 9.73. The smallest absolute Gasteiger partial charge is 0.181 e. The minimum Gasteiger partial charge on any atom is -0.238 e. The largest absolute Gasteiger partial charge is 0.238 e. The molecule has 5 aromatic rings. The zero-order valence-corrected chi connectivity index (χ0v) is 24.7. The molecule has 6 rings (SSSR count). The van der Waals surface area contributed by atoms with Gasteiger partial charge in [0.05, 0.1) is 11.4 Å². The average molecular weight is 560 g/mol. The molecule has 3 heteroatoms. The van der Waals surface area contributed by atoms with Crippen molar-refractivity contribution in [3.63, 3.8) is 0 Å². The molecule has 212 valence electrons. The van der Waals surface area contributed by atoms with Crippen LogP contribution in [0.15, 0.2) is 150 Å². The van der Waals surface area contributed by atoms with Crippen LogP contribution in [-0.4, -0.2) is 16.2 Å². The summed E-state index contributed by atoms with van der Waals surface area (Å²) in [5.74, 6) is 0.700. The van der Waals surface area contributed by atoms with Crippen LogP contribution in [0.4, 0.5) is 0 Å².